The van der Waals surface area contributed by atoms with Crippen molar-refractivity contribution in [1.82, 2.24) is 4.98 Å². The minimum absolute atomic E-state index is 0.00292. The molecular formula is C16H27NO6P2. The van der Waals surface area contributed by atoms with Crippen molar-refractivity contribution in [2.75, 3.05) is 26.2 Å². The monoisotopic (exact) mass is 391 g/mol. The molecular weight excluding hydrogens is 364 g/mol. The van der Waals surface area contributed by atoms with Gasteiger partial charge in [0.2, 0.25) is 0 Å². The summed E-state index contributed by atoms with van der Waals surface area (Å²) in [5.41, 5.74) is 0.466. The van der Waals surface area contributed by atoms with Gasteiger partial charge in [-0.1, -0.05) is 0 Å². The molecule has 0 saturated heterocycles. The van der Waals surface area contributed by atoms with E-state index >= 15 is 0 Å². The van der Waals surface area contributed by atoms with Crippen LogP contribution in [0.5, 0.6) is 0 Å². The molecule has 1 aromatic heterocycles. The van der Waals surface area contributed by atoms with Gasteiger partial charge in [0.1, 0.15) is 13.2 Å². The van der Waals surface area contributed by atoms with Crippen LogP contribution in [0.1, 0.15) is 44.0 Å². The Morgan fingerprint density at radius 2 is 1.92 bits per heavy atom. The summed E-state index contributed by atoms with van der Waals surface area (Å²) in [4.78, 5) is 16.2. The number of nitrogens with zero attached hydrogens (tertiary/aromatic N) is 1. The van der Waals surface area contributed by atoms with Crippen molar-refractivity contribution in [3.8, 4) is 0 Å². The molecule has 0 N–H and O–H groups in total. The van der Waals surface area contributed by atoms with Crippen LogP contribution in [0.2, 0.25) is 0 Å². The fourth-order valence-electron chi connectivity index (χ4n) is 2.31. The molecule has 142 valence electrons. The van der Waals surface area contributed by atoms with E-state index in [9.17, 15) is 13.9 Å². The van der Waals surface area contributed by atoms with E-state index < -0.39 is 20.8 Å². The molecule has 2 unspecified atom stereocenters. The molecule has 0 radical (unpaired) electrons. The van der Waals surface area contributed by atoms with Gasteiger partial charge in [-0.05, 0) is 39.3 Å². The molecule has 7 nitrogen and oxygen atoms in total. The maximum absolute atomic E-state index is 13.1. The van der Waals surface area contributed by atoms with Gasteiger partial charge in [-0.2, -0.15) is 0 Å². The predicted molar refractivity (Wildman–Crippen MR) is 97.9 cm³/mol. The maximum Gasteiger partial charge on any atom is 0.340 e. The van der Waals surface area contributed by atoms with Crippen LogP contribution in [0.15, 0.2) is 24.5 Å². The van der Waals surface area contributed by atoms with E-state index in [4.69, 9.17) is 13.8 Å². The first-order chi connectivity index (χ1) is 12.0. The normalized spacial score (nSPS) is 14.2. The third kappa shape index (κ3) is 7.12. The van der Waals surface area contributed by atoms with E-state index in [0.717, 1.165) is 0 Å². The van der Waals surface area contributed by atoms with Crippen molar-refractivity contribution in [2.24, 2.45) is 0 Å². The number of ether oxygens (including phenoxy) is 1. The van der Waals surface area contributed by atoms with E-state index in [1.165, 1.54) is 6.20 Å². The number of Topliss-reactive ketones (excluding diaryl/α,β-unsaturated/α-hetero) is 1. The molecule has 1 heterocycles. The Kier molecular flexibility index (Phi) is 10.4. The summed E-state index contributed by atoms with van der Waals surface area (Å²) in [6.45, 7) is 5.95. The number of carbonyl (C=O) groups excluding carboxylic acids is 1. The lowest BCUT2D eigenvalue weighted by atomic mass is 10.1. The lowest BCUT2D eigenvalue weighted by Crippen LogP contribution is -2.14. The van der Waals surface area contributed by atoms with Crippen molar-refractivity contribution in [3.05, 3.63) is 30.1 Å². The number of aromatic nitrogens is 1. The zero-order valence-electron chi connectivity index (χ0n) is 15.0. The number of carbonyl (C=O) groups is 1. The highest BCUT2D eigenvalue weighted by molar-refractivity contribution is 7.68. The Morgan fingerprint density at radius 3 is 2.44 bits per heavy atom. The Hall–Kier alpha value is -0.840. The summed E-state index contributed by atoms with van der Waals surface area (Å²) in [5.74, 6) is -0.149. The van der Waals surface area contributed by atoms with Crippen LogP contribution in [0.3, 0.4) is 0 Å². The van der Waals surface area contributed by atoms with Gasteiger partial charge in [-0.15, -0.1) is 0 Å². The number of hydrogen-bond donors (Lipinski definition) is 0. The molecule has 0 aliphatic heterocycles. The maximum atomic E-state index is 13.1. The number of ketones is 1. The second-order valence-electron chi connectivity index (χ2n) is 5.20. The van der Waals surface area contributed by atoms with E-state index in [0.29, 0.717) is 12.2 Å². The van der Waals surface area contributed by atoms with E-state index in [-0.39, 0.29) is 38.2 Å². The van der Waals surface area contributed by atoms with Gasteiger partial charge < -0.3 is 18.3 Å². The summed E-state index contributed by atoms with van der Waals surface area (Å²) in [7, 11) is -6.01. The predicted octanol–water partition coefficient (Wildman–Crippen LogP) is 4.19. The molecule has 0 bridgehead atoms. The highest BCUT2D eigenvalue weighted by atomic mass is 31.2. The standard InChI is InChI=1S/C16H27NO6P2/c1-4-21-13-24(19)16(25(20,22-5-2)23-6-3)10-9-15(18)14-8-7-11-17-12-14/h7-8,11-12,16,24H,4-6,9-10,13H2,1-3H3. The van der Waals surface area contributed by atoms with Gasteiger partial charge >= 0.3 is 7.60 Å². The van der Waals surface area contributed by atoms with Crippen LogP contribution in [0.25, 0.3) is 0 Å². The molecule has 1 rings (SSSR count). The second kappa shape index (κ2) is 11.7. The third-order valence-electron chi connectivity index (χ3n) is 3.45. The highest BCUT2D eigenvalue weighted by Crippen LogP contribution is 2.62. The highest BCUT2D eigenvalue weighted by Gasteiger charge is 2.39. The minimum atomic E-state index is -3.59. The molecule has 9 heteroatoms. The molecule has 25 heavy (non-hydrogen) atoms. The van der Waals surface area contributed by atoms with Crippen LogP contribution in [-0.2, 0) is 22.9 Å². The number of pyridine rings is 1. The van der Waals surface area contributed by atoms with Gasteiger partial charge in [-0.3, -0.25) is 14.3 Å². The molecule has 1 aromatic rings. The van der Waals surface area contributed by atoms with Crippen LogP contribution in [0.4, 0.5) is 0 Å². The summed E-state index contributed by atoms with van der Waals surface area (Å²) >= 11 is 0. The van der Waals surface area contributed by atoms with Gasteiger partial charge in [0.05, 0.1) is 19.6 Å². The summed E-state index contributed by atoms with van der Waals surface area (Å²) in [5, 5.41) is -0.843. The quantitative estimate of drug-likeness (QED) is 0.368. The molecule has 0 saturated carbocycles. The summed E-state index contributed by atoms with van der Waals surface area (Å²) in [6.07, 6.45) is 3.29. The molecule has 0 aliphatic rings. The third-order valence-corrected chi connectivity index (χ3v) is 9.04. The lowest BCUT2D eigenvalue weighted by molar-refractivity contribution is 0.0980. The Bertz CT molecular complexity index is 586. The van der Waals surface area contributed by atoms with Gasteiger partial charge in [0.15, 0.2) is 5.78 Å². The molecule has 0 amide bonds. The topological polar surface area (TPSA) is 91.8 Å². The largest absolute Gasteiger partial charge is 0.374 e. The SMILES string of the molecule is CCOC[PH](=O)C(CCC(=O)c1cccnc1)P(=O)(OCC)OCC. The average molecular weight is 391 g/mol. The fraction of sp³-hybridized carbons (Fsp3) is 0.625. The van der Waals surface area contributed by atoms with Gasteiger partial charge in [0.25, 0.3) is 0 Å². The number of rotatable bonds is 13. The summed E-state index contributed by atoms with van der Waals surface area (Å²) in [6, 6.07) is 3.34. The molecule has 0 aliphatic carbocycles. The molecule has 2 atom stereocenters. The van der Waals surface area contributed by atoms with Crippen LogP contribution in [-0.4, -0.2) is 42.3 Å². The van der Waals surface area contributed by atoms with Crippen molar-refractivity contribution in [2.45, 2.75) is 39.0 Å². The van der Waals surface area contributed by atoms with Gasteiger partial charge in [0, 0.05) is 31.0 Å². The van der Waals surface area contributed by atoms with Crippen molar-refractivity contribution in [3.63, 3.8) is 0 Å². The van der Waals surface area contributed by atoms with Crippen molar-refractivity contribution >= 4 is 21.2 Å². The minimum Gasteiger partial charge on any atom is -0.374 e. The van der Waals surface area contributed by atoms with Crippen LogP contribution in [0, 0.1) is 0 Å². The Balaban J connectivity index is 2.91. The molecule has 0 spiro atoms. The lowest BCUT2D eigenvalue weighted by Gasteiger charge is -2.25. The first-order valence-corrected chi connectivity index (χ1v) is 11.7. The van der Waals surface area contributed by atoms with E-state index in [1.807, 2.05) is 0 Å². The van der Waals surface area contributed by atoms with Crippen molar-refractivity contribution in [1.29, 1.82) is 0 Å². The zero-order chi connectivity index (χ0) is 18.7. The van der Waals surface area contributed by atoms with E-state index in [1.54, 1.807) is 39.1 Å². The molecule has 0 aromatic carbocycles. The summed E-state index contributed by atoms with van der Waals surface area (Å²) < 4.78 is 41.6. The van der Waals surface area contributed by atoms with Crippen LogP contribution >= 0.6 is 15.4 Å². The smallest absolute Gasteiger partial charge is 0.340 e. The zero-order valence-corrected chi connectivity index (χ0v) is 16.9. The van der Waals surface area contributed by atoms with Crippen molar-refractivity contribution < 1.29 is 27.7 Å². The molecule has 0 fully saturated rings. The van der Waals surface area contributed by atoms with Crippen LogP contribution < -0.4 is 0 Å². The van der Waals surface area contributed by atoms with Gasteiger partial charge in [-0.25, -0.2) is 0 Å². The Morgan fingerprint density at radius 1 is 1.24 bits per heavy atom. The average Bonchev–Trinajstić information content (AvgIpc) is 2.61. The van der Waals surface area contributed by atoms with E-state index in [2.05, 4.69) is 4.98 Å². The first kappa shape index (κ1) is 22.2. The fourth-order valence-corrected chi connectivity index (χ4v) is 7.06. The first-order valence-electron chi connectivity index (χ1n) is 8.40. The second-order valence-corrected chi connectivity index (χ2v) is 9.82. The number of hydrogen-bond acceptors (Lipinski definition) is 7. The Labute approximate surface area is 149 Å².